The van der Waals surface area contributed by atoms with E-state index in [1.54, 1.807) is 0 Å². The number of nitriles is 1. The lowest BCUT2D eigenvalue weighted by Crippen LogP contribution is -2.39. The molecular formula is C15H13N3O. The van der Waals surface area contributed by atoms with Crippen LogP contribution in [0.25, 0.3) is 0 Å². The number of hydrogen-bond donors (Lipinski definition) is 1. The predicted octanol–water partition coefficient (Wildman–Crippen LogP) is 2.11. The summed E-state index contributed by atoms with van der Waals surface area (Å²) in [4.78, 5) is 18.9. The van der Waals surface area contributed by atoms with E-state index in [1.807, 2.05) is 24.3 Å². The third-order valence-corrected chi connectivity index (χ3v) is 3.91. The summed E-state index contributed by atoms with van der Waals surface area (Å²) < 4.78 is 0. The van der Waals surface area contributed by atoms with Gasteiger partial charge in [0, 0.05) is 0 Å². The van der Waals surface area contributed by atoms with Gasteiger partial charge in [0.05, 0.1) is 11.6 Å². The SMILES string of the molecule is N#Cc1cnc(C2(c3ccccc3)CCC2)[nH]c1=O. The summed E-state index contributed by atoms with van der Waals surface area (Å²) in [7, 11) is 0. The minimum atomic E-state index is -0.352. The first-order valence-electron chi connectivity index (χ1n) is 6.32. The maximum Gasteiger partial charge on any atom is 0.268 e. The van der Waals surface area contributed by atoms with Crippen molar-refractivity contribution in [3.8, 4) is 6.07 Å². The van der Waals surface area contributed by atoms with Gasteiger partial charge in [0.2, 0.25) is 0 Å². The van der Waals surface area contributed by atoms with Crippen molar-refractivity contribution in [2.75, 3.05) is 0 Å². The highest BCUT2D eigenvalue weighted by Gasteiger charge is 2.42. The number of hydrogen-bond acceptors (Lipinski definition) is 3. The number of H-pyrrole nitrogens is 1. The summed E-state index contributed by atoms with van der Waals surface area (Å²) in [5.41, 5.74) is 0.698. The maximum atomic E-state index is 11.8. The van der Waals surface area contributed by atoms with E-state index in [2.05, 4.69) is 22.1 Å². The molecule has 1 N–H and O–H groups in total. The van der Waals surface area contributed by atoms with Crippen LogP contribution in [0.15, 0.2) is 41.3 Å². The molecule has 0 bridgehead atoms. The molecule has 0 atom stereocenters. The molecule has 0 saturated heterocycles. The van der Waals surface area contributed by atoms with Crippen LogP contribution >= 0.6 is 0 Å². The number of aromatic nitrogens is 2. The first-order valence-corrected chi connectivity index (χ1v) is 6.32. The van der Waals surface area contributed by atoms with E-state index >= 15 is 0 Å². The highest BCUT2D eigenvalue weighted by Crippen LogP contribution is 2.47. The van der Waals surface area contributed by atoms with Gasteiger partial charge in [-0.05, 0) is 18.4 Å². The van der Waals surface area contributed by atoms with Crippen molar-refractivity contribution in [2.45, 2.75) is 24.7 Å². The van der Waals surface area contributed by atoms with Crippen LogP contribution in [0.1, 0.15) is 36.2 Å². The van der Waals surface area contributed by atoms with Crippen LogP contribution in [0.2, 0.25) is 0 Å². The topological polar surface area (TPSA) is 69.5 Å². The average molecular weight is 251 g/mol. The Kier molecular flexibility index (Phi) is 2.68. The molecule has 1 fully saturated rings. The van der Waals surface area contributed by atoms with Crippen LogP contribution in [0.4, 0.5) is 0 Å². The van der Waals surface area contributed by atoms with Gasteiger partial charge in [0.1, 0.15) is 17.5 Å². The third-order valence-electron chi connectivity index (χ3n) is 3.91. The number of nitrogens with zero attached hydrogens (tertiary/aromatic N) is 2. The Balaban J connectivity index is 2.12. The maximum absolute atomic E-state index is 11.8. The first-order chi connectivity index (χ1) is 9.26. The molecular weight excluding hydrogens is 238 g/mol. The molecule has 1 aromatic carbocycles. The standard InChI is InChI=1S/C15H13N3O/c16-9-11-10-17-14(18-13(11)19)15(7-4-8-15)12-5-2-1-3-6-12/h1-3,5-6,10H,4,7-8H2,(H,17,18,19). The molecule has 1 heterocycles. The van der Waals surface area contributed by atoms with Gasteiger partial charge in [-0.1, -0.05) is 36.8 Å². The predicted molar refractivity (Wildman–Crippen MR) is 70.6 cm³/mol. The van der Waals surface area contributed by atoms with Crippen LogP contribution in [-0.4, -0.2) is 9.97 Å². The highest BCUT2D eigenvalue weighted by molar-refractivity contribution is 5.36. The minimum Gasteiger partial charge on any atom is -0.309 e. The molecule has 94 valence electrons. The Morgan fingerprint density at radius 2 is 2.00 bits per heavy atom. The number of nitrogens with one attached hydrogen (secondary N) is 1. The summed E-state index contributed by atoms with van der Waals surface area (Å²) in [5, 5.41) is 8.79. The van der Waals surface area contributed by atoms with Crippen molar-refractivity contribution < 1.29 is 0 Å². The fraction of sp³-hybridized carbons (Fsp3) is 0.267. The van der Waals surface area contributed by atoms with Crippen molar-refractivity contribution in [1.82, 2.24) is 9.97 Å². The van der Waals surface area contributed by atoms with Gasteiger partial charge in [-0.15, -0.1) is 0 Å². The number of aromatic amines is 1. The molecule has 1 aliphatic rings. The molecule has 0 amide bonds. The highest BCUT2D eigenvalue weighted by atomic mass is 16.1. The van der Waals surface area contributed by atoms with Gasteiger partial charge in [-0.3, -0.25) is 4.79 Å². The third kappa shape index (κ3) is 1.75. The molecule has 1 saturated carbocycles. The normalized spacial score (nSPS) is 16.4. The molecule has 4 nitrogen and oxygen atoms in total. The van der Waals surface area contributed by atoms with E-state index in [9.17, 15) is 4.79 Å². The second-order valence-electron chi connectivity index (χ2n) is 4.89. The zero-order valence-corrected chi connectivity index (χ0v) is 10.4. The van der Waals surface area contributed by atoms with Gasteiger partial charge >= 0.3 is 0 Å². The second-order valence-corrected chi connectivity index (χ2v) is 4.89. The summed E-state index contributed by atoms with van der Waals surface area (Å²) in [6, 6.07) is 11.9. The van der Waals surface area contributed by atoms with E-state index in [4.69, 9.17) is 5.26 Å². The van der Waals surface area contributed by atoms with Gasteiger partial charge in [-0.25, -0.2) is 4.98 Å². The Morgan fingerprint density at radius 1 is 1.26 bits per heavy atom. The van der Waals surface area contributed by atoms with E-state index in [-0.39, 0.29) is 16.5 Å². The van der Waals surface area contributed by atoms with Crippen molar-refractivity contribution in [3.63, 3.8) is 0 Å². The van der Waals surface area contributed by atoms with Crippen LogP contribution < -0.4 is 5.56 Å². The molecule has 4 heteroatoms. The number of rotatable bonds is 2. The van der Waals surface area contributed by atoms with E-state index in [1.165, 1.54) is 11.8 Å². The molecule has 1 aromatic heterocycles. The van der Waals surface area contributed by atoms with Crippen LogP contribution in [0.3, 0.4) is 0 Å². The Hall–Kier alpha value is -2.41. The Morgan fingerprint density at radius 3 is 2.53 bits per heavy atom. The lowest BCUT2D eigenvalue weighted by molar-refractivity contribution is 0.284. The average Bonchev–Trinajstić information content (AvgIpc) is 2.39. The summed E-state index contributed by atoms with van der Waals surface area (Å²) in [6.45, 7) is 0. The molecule has 19 heavy (non-hydrogen) atoms. The quantitative estimate of drug-likeness (QED) is 0.888. The largest absolute Gasteiger partial charge is 0.309 e. The Bertz CT molecular complexity index is 693. The van der Waals surface area contributed by atoms with Gasteiger partial charge in [0.25, 0.3) is 5.56 Å². The van der Waals surface area contributed by atoms with E-state index < -0.39 is 0 Å². The van der Waals surface area contributed by atoms with Crippen LogP contribution in [0.5, 0.6) is 0 Å². The first kappa shape index (κ1) is 11.7. The fourth-order valence-electron chi connectivity index (χ4n) is 2.67. The zero-order chi connectivity index (χ0) is 13.3. The lowest BCUT2D eigenvalue weighted by Gasteiger charge is -2.41. The van der Waals surface area contributed by atoms with Gasteiger partial charge in [0.15, 0.2) is 0 Å². The molecule has 2 aromatic rings. The zero-order valence-electron chi connectivity index (χ0n) is 10.4. The van der Waals surface area contributed by atoms with Crippen molar-refractivity contribution in [3.05, 3.63) is 63.8 Å². The second kappa shape index (κ2) is 4.36. The van der Waals surface area contributed by atoms with Crippen molar-refractivity contribution >= 4 is 0 Å². The molecule has 0 radical (unpaired) electrons. The smallest absolute Gasteiger partial charge is 0.268 e. The minimum absolute atomic E-state index is 0.0614. The lowest BCUT2D eigenvalue weighted by atomic mass is 9.64. The molecule has 0 spiro atoms. The monoisotopic (exact) mass is 251 g/mol. The van der Waals surface area contributed by atoms with E-state index in [0.29, 0.717) is 5.82 Å². The van der Waals surface area contributed by atoms with Crippen molar-refractivity contribution in [2.24, 2.45) is 0 Å². The van der Waals surface area contributed by atoms with Gasteiger partial charge in [-0.2, -0.15) is 5.26 Å². The molecule has 0 aliphatic heterocycles. The van der Waals surface area contributed by atoms with Crippen molar-refractivity contribution in [1.29, 1.82) is 5.26 Å². The fourth-order valence-corrected chi connectivity index (χ4v) is 2.67. The summed E-state index contributed by atoms with van der Waals surface area (Å²) >= 11 is 0. The molecule has 0 unspecified atom stereocenters. The van der Waals surface area contributed by atoms with Crippen LogP contribution in [0, 0.1) is 11.3 Å². The summed E-state index contributed by atoms with van der Waals surface area (Å²) in [5.74, 6) is 0.675. The summed E-state index contributed by atoms with van der Waals surface area (Å²) in [6.07, 6.45) is 4.45. The Labute approximate surface area is 110 Å². The molecule has 1 aliphatic carbocycles. The molecule has 3 rings (SSSR count). The van der Waals surface area contributed by atoms with E-state index in [0.717, 1.165) is 19.3 Å². The number of benzene rings is 1. The van der Waals surface area contributed by atoms with Gasteiger partial charge < -0.3 is 4.98 Å². The van der Waals surface area contributed by atoms with Crippen LogP contribution in [-0.2, 0) is 5.41 Å².